The first-order valence-corrected chi connectivity index (χ1v) is 14.0. The number of rotatable bonds is 8. The van der Waals surface area contributed by atoms with Crippen LogP contribution in [-0.4, -0.2) is 75.1 Å². The van der Waals surface area contributed by atoms with Crippen molar-refractivity contribution in [2.45, 2.75) is 18.9 Å². The lowest BCUT2D eigenvalue weighted by molar-refractivity contribution is 0.0518. The van der Waals surface area contributed by atoms with Gasteiger partial charge in [0.1, 0.15) is 5.03 Å². The van der Waals surface area contributed by atoms with Crippen LogP contribution >= 0.6 is 11.8 Å². The van der Waals surface area contributed by atoms with Gasteiger partial charge in [0.2, 0.25) is 0 Å². The molecule has 200 valence electrons. The van der Waals surface area contributed by atoms with Crippen LogP contribution in [0.1, 0.15) is 34.7 Å². The molecule has 0 radical (unpaired) electrons. The highest BCUT2D eigenvalue weighted by Crippen LogP contribution is 2.27. The van der Waals surface area contributed by atoms with Crippen LogP contribution in [0.3, 0.4) is 0 Å². The molecule has 3 aromatic heterocycles. The number of carbonyl (C=O) groups is 2. The van der Waals surface area contributed by atoms with E-state index in [2.05, 4.69) is 39.0 Å². The third-order valence-electron chi connectivity index (χ3n) is 6.44. The fraction of sp³-hybridized carbons (Fsp3) is 0.276. The van der Waals surface area contributed by atoms with Crippen molar-refractivity contribution in [3.8, 4) is 17.1 Å². The summed E-state index contributed by atoms with van der Waals surface area (Å²) in [4.78, 5) is 38.6. The zero-order valence-corrected chi connectivity index (χ0v) is 22.8. The van der Waals surface area contributed by atoms with Gasteiger partial charge in [-0.15, -0.1) is 11.8 Å². The molecule has 39 heavy (non-hydrogen) atoms. The van der Waals surface area contributed by atoms with Crippen molar-refractivity contribution >= 4 is 29.3 Å². The highest BCUT2D eigenvalue weighted by molar-refractivity contribution is 7.99. The molecule has 1 fully saturated rings. The van der Waals surface area contributed by atoms with Crippen LogP contribution in [0.5, 0.6) is 0 Å². The zero-order valence-electron chi connectivity index (χ0n) is 22.0. The topological polar surface area (TPSA) is 93.5 Å². The first-order valence-electron chi connectivity index (χ1n) is 13.0. The maximum atomic E-state index is 13.2. The van der Waals surface area contributed by atoms with Gasteiger partial charge in [-0.3, -0.25) is 4.79 Å². The molecule has 0 saturated carbocycles. The lowest BCUT2D eigenvalue weighted by Gasteiger charge is -2.36. The lowest BCUT2D eigenvalue weighted by Crippen LogP contribution is -2.48. The number of amides is 1. The highest BCUT2D eigenvalue weighted by Gasteiger charge is 2.25. The number of ether oxygens (including phenoxy) is 1. The molecule has 4 aromatic rings. The van der Waals surface area contributed by atoms with E-state index in [1.807, 2.05) is 47.4 Å². The Labute approximate surface area is 231 Å². The minimum atomic E-state index is -0.468. The molecule has 0 bridgehead atoms. The molecular formula is C29H30N6O3S. The number of esters is 1. The number of hydrogen-bond donors (Lipinski definition) is 0. The summed E-state index contributed by atoms with van der Waals surface area (Å²) in [6.45, 7) is 6.86. The second-order valence-electron chi connectivity index (χ2n) is 8.85. The number of pyridine rings is 2. The fourth-order valence-corrected chi connectivity index (χ4v) is 5.25. The van der Waals surface area contributed by atoms with E-state index < -0.39 is 5.97 Å². The van der Waals surface area contributed by atoms with Crippen molar-refractivity contribution in [3.63, 3.8) is 0 Å². The number of anilines is 1. The summed E-state index contributed by atoms with van der Waals surface area (Å²) < 4.78 is 6.83. The summed E-state index contributed by atoms with van der Waals surface area (Å²) in [5.74, 6) is 1.05. The number of piperazine rings is 1. The number of aromatic nitrogens is 4. The normalized spacial score (nSPS) is 13.4. The molecule has 0 spiro atoms. The second kappa shape index (κ2) is 12.1. The minimum absolute atomic E-state index is 0.0363. The predicted molar refractivity (Wildman–Crippen MR) is 152 cm³/mol. The van der Waals surface area contributed by atoms with Crippen LogP contribution in [0, 0.1) is 0 Å². The van der Waals surface area contributed by atoms with E-state index in [4.69, 9.17) is 4.74 Å². The van der Waals surface area contributed by atoms with E-state index in [0.717, 1.165) is 40.8 Å². The fourth-order valence-electron chi connectivity index (χ4n) is 4.53. The standard InChI is InChI=1S/C29H30N6O3S/c1-3-38-29(37)24-20-25(35(32-24)26-9-5-6-14-30-26)21-10-12-22(13-11-21)33-16-18-34(19-17-33)28(36)23-8-7-15-31-27(23)39-4-2/h5-15,20H,3-4,16-19H2,1-2H3. The Morgan fingerprint density at radius 2 is 1.69 bits per heavy atom. The average Bonchev–Trinajstić information content (AvgIpc) is 3.44. The van der Waals surface area contributed by atoms with Gasteiger partial charge >= 0.3 is 5.97 Å². The minimum Gasteiger partial charge on any atom is -0.461 e. The summed E-state index contributed by atoms with van der Waals surface area (Å²) >= 11 is 1.59. The molecule has 0 atom stereocenters. The van der Waals surface area contributed by atoms with Crippen LogP contribution in [0.15, 0.2) is 78.1 Å². The van der Waals surface area contributed by atoms with Gasteiger partial charge in [-0.25, -0.2) is 19.4 Å². The van der Waals surface area contributed by atoms with Crippen molar-refractivity contribution in [1.82, 2.24) is 24.6 Å². The summed E-state index contributed by atoms with van der Waals surface area (Å²) in [5.41, 5.74) is 3.63. The summed E-state index contributed by atoms with van der Waals surface area (Å²) in [6, 6.07) is 19.1. The van der Waals surface area contributed by atoms with Crippen LogP contribution < -0.4 is 4.90 Å². The molecule has 10 heteroatoms. The van der Waals surface area contributed by atoms with Crippen LogP contribution in [0.2, 0.25) is 0 Å². The van der Waals surface area contributed by atoms with E-state index in [1.54, 1.807) is 41.8 Å². The Bertz CT molecular complexity index is 1430. The first kappa shape index (κ1) is 26.4. The number of nitrogens with zero attached hydrogens (tertiary/aromatic N) is 6. The van der Waals surface area contributed by atoms with Gasteiger partial charge in [0, 0.05) is 49.8 Å². The SMILES string of the molecule is CCOC(=O)c1cc(-c2ccc(N3CCN(C(=O)c4cccnc4SCC)CC3)cc2)n(-c2ccccn2)n1. The molecule has 0 unspecified atom stereocenters. The van der Waals surface area contributed by atoms with Crippen molar-refractivity contribution in [1.29, 1.82) is 0 Å². The largest absolute Gasteiger partial charge is 0.461 e. The smallest absolute Gasteiger partial charge is 0.358 e. The predicted octanol–water partition coefficient (Wildman–Crippen LogP) is 4.58. The molecule has 0 aliphatic carbocycles. The molecular weight excluding hydrogens is 512 g/mol. The summed E-state index contributed by atoms with van der Waals surface area (Å²) in [7, 11) is 0. The molecule has 1 aliphatic heterocycles. The Hall–Kier alpha value is -4.18. The van der Waals surface area contributed by atoms with E-state index in [1.165, 1.54) is 0 Å². The molecule has 1 amide bonds. The third kappa shape index (κ3) is 5.80. The van der Waals surface area contributed by atoms with Crippen LogP contribution in [0.4, 0.5) is 5.69 Å². The van der Waals surface area contributed by atoms with Crippen molar-refractivity contribution in [3.05, 3.63) is 84.3 Å². The maximum absolute atomic E-state index is 13.2. The summed E-state index contributed by atoms with van der Waals surface area (Å²) in [6.07, 6.45) is 3.42. The van der Waals surface area contributed by atoms with E-state index in [0.29, 0.717) is 24.5 Å². The van der Waals surface area contributed by atoms with Gasteiger partial charge < -0.3 is 14.5 Å². The Kier molecular flexibility index (Phi) is 8.21. The van der Waals surface area contributed by atoms with E-state index >= 15 is 0 Å². The van der Waals surface area contributed by atoms with Crippen LogP contribution in [0.25, 0.3) is 17.1 Å². The monoisotopic (exact) mass is 542 g/mol. The van der Waals surface area contributed by atoms with E-state index in [-0.39, 0.29) is 18.2 Å². The molecule has 1 aliphatic rings. The second-order valence-corrected chi connectivity index (χ2v) is 10.1. The van der Waals surface area contributed by atoms with Gasteiger partial charge in [-0.2, -0.15) is 5.10 Å². The molecule has 0 N–H and O–H groups in total. The first-order chi connectivity index (χ1) is 19.1. The Morgan fingerprint density at radius 1 is 0.923 bits per heavy atom. The lowest BCUT2D eigenvalue weighted by atomic mass is 10.1. The quantitative estimate of drug-likeness (QED) is 0.236. The number of thioether (sulfide) groups is 1. The highest BCUT2D eigenvalue weighted by atomic mass is 32.2. The van der Waals surface area contributed by atoms with Gasteiger partial charge in [-0.05, 0) is 55.1 Å². The maximum Gasteiger partial charge on any atom is 0.358 e. The average molecular weight is 543 g/mol. The number of hydrogen-bond acceptors (Lipinski definition) is 8. The molecule has 5 rings (SSSR count). The van der Waals surface area contributed by atoms with Gasteiger partial charge in [0.05, 0.1) is 17.9 Å². The van der Waals surface area contributed by atoms with Crippen molar-refractivity contribution in [2.24, 2.45) is 0 Å². The zero-order chi connectivity index (χ0) is 27.2. The van der Waals surface area contributed by atoms with Gasteiger partial charge in [-0.1, -0.05) is 25.1 Å². The molecule has 9 nitrogen and oxygen atoms in total. The van der Waals surface area contributed by atoms with E-state index in [9.17, 15) is 9.59 Å². The number of carbonyl (C=O) groups excluding carboxylic acids is 2. The van der Waals surface area contributed by atoms with Crippen molar-refractivity contribution in [2.75, 3.05) is 43.4 Å². The Morgan fingerprint density at radius 3 is 2.38 bits per heavy atom. The molecule has 4 heterocycles. The molecule has 1 saturated heterocycles. The van der Waals surface area contributed by atoms with Crippen molar-refractivity contribution < 1.29 is 14.3 Å². The van der Waals surface area contributed by atoms with Crippen LogP contribution in [-0.2, 0) is 4.74 Å². The third-order valence-corrected chi connectivity index (χ3v) is 7.33. The summed E-state index contributed by atoms with van der Waals surface area (Å²) in [5, 5.41) is 5.27. The number of benzene rings is 1. The van der Waals surface area contributed by atoms with Gasteiger partial charge in [0.15, 0.2) is 11.5 Å². The van der Waals surface area contributed by atoms with Gasteiger partial charge in [0.25, 0.3) is 5.91 Å². The Balaban J connectivity index is 1.31. The molecule has 1 aromatic carbocycles.